The molecule has 41 heavy (non-hydrogen) atoms. The van der Waals surface area contributed by atoms with Crippen molar-refractivity contribution in [3.8, 4) is 5.69 Å². The van der Waals surface area contributed by atoms with E-state index in [9.17, 15) is 14.0 Å². The molecule has 2 aliphatic rings. The van der Waals surface area contributed by atoms with Gasteiger partial charge in [-0.05, 0) is 80.0 Å². The van der Waals surface area contributed by atoms with Crippen molar-refractivity contribution in [2.24, 2.45) is 0 Å². The molecule has 1 N–H and O–H groups in total. The topological polar surface area (TPSA) is 111 Å². The van der Waals surface area contributed by atoms with Gasteiger partial charge in [-0.15, -0.1) is 0 Å². The van der Waals surface area contributed by atoms with Gasteiger partial charge in [0.05, 0.1) is 16.9 Å². The van der Waals surface area contributed by atoms with Crippen LogP contribution in [0.5, 0.6) is 0 Å². The van der Waals surface area contributed by atoms with E-state index >= 15 is 0 Å². The lowest BCUT2D eigenvalue weighted by Crippen LogP contribution is -2.27. The number of carbonyl (C=O) groups is 1. The van der Waals surface area contributed by atoms with E-state index < -0.39 is 11.8 Å². The second kappa shape index (κ2) is 11.4. The van der Waals surface area contributed by atoms with Crippen LogP contribution >= 0.6 is 0 Å². The number of aliphatic carboxylic acids is 1. The fourth-order valence-corrected chi connectivity index (χ4v) is 5.57. The molecule has 4 aromatic rings. The van der Waals surface area contributed by atoms with Gasteiger partial charge in [0.15, 0.2) is 5.82 Å². The Morgan fingerprint density at radius 3 is 2.68 bits per heavy atom. The largest absolute Gasteiger partial charge is 0.481 e. The quantitative estimate of drug-likeness (QED) is 0.276. The summed E-state index contributed by atoms with van der Waals surface area (Å²) < 4.78 is 20.9. The molecule has 0 aliphatic heterocycles. The van der Waals surface area contributed by atoms with Gasteiger partial charge < -0.3 is 9.63 Å². The predicted molar refractivity (Wildman–Crippen MR) is 152 cm³/mol. The molecule has 0 spiro atoms. The van der Waals surface area contributed by atoms with E-state index in [1.54, 1.807) is 6.08 Å². The number of carboxylic acid groups (broad SMARTS) is 1. The Hall–Kier alpha value is -4.66. The van der Waals surface area contributed by atoms with Crippen LogP contribution in [0.2, 0.25) is 0 Å². The van der Waals surface area contributed by atoms with Crippen molar-refractivity contribution in [3.05, 3.63) is 111 Å². The van der Waals surface area contributed by atoms with Crippen molar-refractivity contribution in [3.63, 3.8) is 0 Å². The zero-order valence-electron chi connectivity index (χ0n) is 22.4. The fourth-order valence-electron chi connectivity index (χ4n) is 5.57. The first-order valence-corrected chi connectivity index (χ1v) is 13.9. The van der Waals surface area contributed by atoms with E-state index in [0.29, 0.717) is 60.2 Å². The number of rotatable bonds is 8. The molecule has 8 nitrogen and oxygen atoms in total. The summed E-state index contributed by atoms with van der Waals surface area (Å²) in [5.74, 6) is 0.444. The summed E-state index contributed by atoms with van der Waals surface area (Å²) in [7, 11) is 0. The van der Waals surface area contributed by atoms with Gasteiger partial charge in [0.25, 0.3) is 5.56 Å². The summed E-state index contributed by atoms with van der Waals surface area (Å²) in [5.41, 5.74) is 4.58. The minimum absolute atomic E-state index is 0.0330. The van der Waals surface area contributed by atoms with E-state index in [2.05, 4.69) is 29.4 Å². The highest BCUT2D eigenvalue weighted by molar-refractivity contribution is 5.83. The molecule has 2 heterocycles. The zero-order valence-corrected chi connectivity index (χ0v) is 22.4. The number of fused-ring (bicyclic) bond motifs is 2. The van der Waals surface area contributed by atoms with Crippen molar-refractivity contribution in [1.29, 1.82) is 0 Å². The van der Waals surface area contributed by atoms with Gasteiger partial charge in [0.2, 0.25) is 5.89 Å². The van der Waals surface area contributed by atoms with Crippen molar-refractivity contribution in [1.82, 2.24) is 19.7 Å². The number of allylic oxidation sites excluding steroid dienone is 2. The number of hydrogen-bond acceptors (Lipinski definition) is 6. The number of hydrogen-bond donors (Lipinski definition) is 1. The zero-order chi connectivity index (χ0) is 28.3. The number of carboxylic acids is 1. The summed E-state index contributed by atoms with van der Waals surface area (Å²) in [6.45, 7) is 0. The maximum atomic E-state index is 13.8. The second-order valence-corrected chi connectivity index (χ2v) is 10.5. The molecule has 2 aromatic carbocycles. The van der Waals surface area contributed by atoms with Crippen molar-refractivity contribution in [2.75, 3.05) is 0 Å². The van der Waals surface area contributed by atoms with Gasteiger partial charge in [-0.2, -0.15) is 4.98 Å². The Kier molecular flexibility index (Phi) is 7.41. The normalized spacial score (nSPS) is 16.0. The van der Waals surface area contributed by atoms with Gasteiger partial charge in [-0.1, -0.05) is 41.6 Å². The molecule has 2 aromatic heterocycles. The van der Waals surface area contributed by atoms with E-state index in [0.717, 1.165) is 24.8 Å². The minimum atomic E-state index is -0.870. The standard InChI is InChI=1S/C32H29FN4O4/c33-24-14-16-25(17-15-24)37-28(10-3-4-11-29(38)39)34-27-19-22(8-5-9-26(27)32(37)40)30-35-31(41-36-30)23-13-12-20-6-1-2-7-21(20)18-23/h1-2,5-7,9,14-17,19,23H,3-4,8,10-13,18H2,(H,38,39). The molecule has 0 bridgehead atoms. The molecular formula is C32H29FN4O4. The summed E-state index contributed by atoms with van der Waals surface area (Å²) in [6.07, 6.45) is 10.1. The lowest BCUT2D eigenvalue weighted by atomic mass is 9.84. The fraction of sp³-hybridized carbons (Fsp3) is 0.281. The Balaban J connectivity index is 1.33. The smallest absolute Gasteiger partial charge is 0.303 e. The summed E-state index contributed by atoms with van der Waals surface area (Å²) >= 11 is 0. The highest BCUT2D eigenvalue weighted by atomic mass is 19.1. The number of aromatic nitrogens is 4. The van der Waals surface area contributed by atoms with Crippen molar-refractivity contribution in [2.45, 2.75) is 57.3 Å². The number of unbranched alkanes of at least 4 members (excludes halogenated alkanes) is 1. The summed E-state index contributed by atoms with van der Waals surface area (Å²) in [4.78, 5) is 34.4. The van der Waals surface area contributed by atoms with Gasteiger partial charge >= 0.3 is 5.97 Å². The molecule has 6 rings (SSSR count). The molecule has 1 unspecified atom stereocenters. The lowest BCUT2D eigenvalue weighted by molar-refractivity contribution is -0.137. The molecule has 2 aliphatic carbocycles. The Labute approximate surface area is 235 Å². The van der Waals surface area contributed by atoms with Crippen LogP contribution in [0.3, 0.4) is 0 Å². The molecule has 0 fully saturated rings. The predicted octanol–water partition coefficient (Wildman–Crippen LogP) is 5.78. The average molecular weight is 553 g/mol. The van der Waals surface area contributed by atoms with E-state index in [-0.39, 0.29) is 17.9 Å². The highest BCUT2D eigenvalue weighted by Gasteiger charge is 2.26. The number of aryl methyl sites for hydroxylation is 2. The molecule has 208 valence electrons. The first-order chi connectivity index (χ1) is 20.0. The molecule has 0 saturated heterocycles. The van der Waals surface area contributed by atoms with Crippen LogP contribution in [0, 0.1) is 5.82 Å². The van der Waals surface area contributed by atoms with E-state index in [1.807, 2.05) is 12.2 Å². The third-order valence-electron chi connectivity index (χ3n) is 7.70. The van der Waals surface area contributed by atoms with Gasteiger partial charge in [0.1, 0.15) is 11.6 Å². The Morgan fingerprint density at radius 1 is 1.07 bits per heavy atom. The molecule has 9 heteroatoms. The second-order valence-electron chi connectivity index (χ2n) is 10.5. The van der Waals surface area contributed by atoms with Gasteiger partial charge in [-0.25, -0.2) is 9.37 Å². The third-order valence-corrected chi connectivity index (χ3v) is 7.70. The van der Waals surface area contributed by atoms with Crippen molar-refractivity contribution < 1.29 is 18.8 Å². The minimum Gasteiger partial charge on any atom is -0.481 e. The Morgan fingerprint density at radius 2 is 1.88 bits per heavy atom. The maximum absolute atomic E-state index is 13.8. The van der Waals surface area contributed by atoms with Crippen LogP contribution in [0.4, 0.5) is 4.39 Å². The number of nitrogens with zero attached hydrogens (tertiary/aromatic N) is 4. The van der Waals surface area contributed by atoms with E-state index in [4.69, 9.17) is 19.6 Å². The molecule has 0 saturated carbocycles. The average Bonchev–Trinajstić information content (AvgIpc) is 3.37. The first-order valence-electron chi connectivity index (χ1n) is 13.9. The molecule has 0 amide bonds. The highest BCUT2D eigenvalue weighted by Crippen LogP contribution is 2.33. The van der Waals surface area contributed by atoms with Crippen molar-refractivity contribution >= 4 is 23.7 Å². The Bertz CT molecular complexity index is 1720. The summed E-state index contributed by atoms with van der Waals surface area (Å²) in [6, 6.07) is 14.1. The number of benzene rings is 2. The molecule has 1 atom stereocenters. The van der Waals surface area contributed by atoms with Crippen LogP contribution in [-0.4, -0.2) is 30.8 Å². The van der Waals surface area contributed by atoms with E-state index in [1.165, 1.54) is 40.0 Å². The van der Waals surface area contributed by atoms with Crippen LogP contribution in [0.15, 0.2) is 63.9 Å². The van der Waals surface area contributed by atoms with Crippen LogP contribution in [0.1, 0.15) is 77.9 Å². The van der Waals surface area contributed by atoms with Crippen LogP contribution in [0.25, 0.3) is 23.4 Å². The first kappa shape index (κ1) is 26.6. The molecule has 0 radical (unpaired) electrons. The maximum Gasteiger partial charge on any atom is 0.303 e. The third kappa shape index (κ3) is 5.66. The van der Waals surface area contributed by atoms with Crippen LogP contribution in [-0.2, 0) is 24.1 Å². The molecular weight excluding hydrogens is 523 g/mol. The number of halogens is 1. The lowest BCUT2D eigenvalue weighted by Gasteiger charge is -2.21. The van der Waals surface area contributed by atoms with Gasteiger partial charge in [0, 0.05) is 24.3 Å². The summed E-state index contributed by atoms with van der Waals surface area (Å²) in [5, 5.41) is 13.3. The van der Waals surface area contributed by atoms with Gasteiger partial charge in [-0.3, -0.25) is 14.2 Å². The van der Waals surface area contributed by atoms with Crippen LogP contribution < -0.4 is 5.56 Å². The monoisotopic (exact) mass is 552 g/mol. The SMILES string of the molecule is O=C(O)CCCCc1nc2c(c(=O)n1-c1ccc(F)cc1)C=CCC(c1noc(C3CCc4ccccc4C3)n1)=C2.